The van der Waals surface area contributed by atoms with Crippen LogP contribution in [0, 0.1) is 11.3 Å². The van der Waals surface area contributed by atoms with Crippen molar-refractivity contribution in [3.63, 3.8) is 0 Å². The fourth-order valence-corrected chi connectivity index (χ4v) is 2.11. The highest BCUT2D eigenvalue weighted by molar-refractivity contribution is 5.67. The van der Waals surface area contributed by atoms with Crippen molar-refractivity contribution >= 4 is 5.97 Å². The average Bonchev–Trinajstić information content (AvgIpc) is 2.42. The first-order valence-corrected chi connectivity index (χ1v) is 7.00. The molecule has 1 aromatic rings. The van der Waals surface area contributed by atoms with Crippen molar-refractivity contribution in [1.29, 1.82) is 5.26 Å². The first kappa shape index (κ1) is 16.2. The third-order valence-corrected chi connectivity index (χ3v) is 3.25. The van der Waals surface area contributed by atoms with Crippen molar-refractivity contribution in [2.45, 2.75) is 51.0 Å². The molecule has 4 heteroatoms. The summed E-state index contributed by atoms with van der Waals surface area (Å²) >= 11 is 0. The summed E-state index contributed by atoms with van der Waals surface area (Å²) < 4.78 is 0. The highest BCUT2D eigenvalue weighted by Gasteiger charge is 2.08. The maximum Gasteiger partial charge on any atom is 0.305 e. The minimum Gasteiger partial charge on any atom is -0.481 e. The number of nitrogens with zero attached hydrogens (tertiary/aromatic N) is 1. The lowest BCUT2D eigenvalue weighted by Gasteiger charge is -2.07. The van der Waals surface area contributed by atoms with E-state index in [1.165, 1.54) is 5.56 Å². The van der Waals surface area contributed by atoms with E-state index in [9.17, 15) is 9.90 Å². The van der Waals surface area contributed by atoms with E-state index in [1.807, 2.05) is 24.3 Å². The Morgan fingerprint density at radius 3 is 2.40 bits per heavy atom. The molecule has 0 saturated heterocycles. The molecule has 1 aromatic carbocycles. The number of rotatable bonds is 9. The van der Waals surface area contributed by atoms with Crippen LogP contribution in [-0.4, -0.2) is 22.3 Å². The van der Waals surface area contributed by atoms with E-state index in [0.29, 0.717) is 12.0 Å². The zero-order valence-corrected chi connectivity index (χ0v) is 11.6. The van der Waals surface area contributed by atoms with Crippen molar-refractivity contribution in [2.75, 3.05) is 0 Å². The number of hydrogen-bond acceptors (Lipinski definition) is 3. The largest absolute Gasteiger partial charge is 0.481 e. The molecule has 2 N–H and O–H groups in total. The summed E-state index contributed by atoms with van der Waals surface area (Å²) in [6.45, 7) is 0. The lowest BCUT2D eigenvalue weighted by atomic mass is 10.0. The molecule has 0 bridgehead atoms. The van der Waals surface area contributed by atoms with Crippen molar-refractivity contribution in [1.82, 2.24) is 0 Å². The summed E-state index contributed by atoms with van der Waals surface area (Å²) in [6, 6.07) is 9.72. The Balaban J connectivity index is 2.07. The topological polar surface area (TPSA) is 81.3 Å². The van der Waals surface area contributed by atoms with Gasteiger partial charge in [0.2, 0.25) is 0 Å². The monoisotopic (exact) mass is 275 g/mol. The van der Waals surface area contributed by atoms with Crippen molar-refractivity contribution in [2.24, 2.45) is 0 Å². The molecule has 0 aliphatic carbocycles. The zero-order chi connectivity index (χ0) is 14.8. The molecule has 4 nitrogen and oxygen atoms in total. The smallest absolute Gasteiger partial charge is 0.305 e. The Bertz CT molecular complexity index is 448. The number of aliphatic carboxylic acids is 1. The van der Waals surface area contributed by atoms with E-state index in [1.54, 1.807) is 0 Å². The predicted molar refractivity (Wildman–Crippen MR) is 76.2 cm³/mol. The van der Waals surface area contributed by atoms with Gasteiger partial charge in [-0.1, -0.05) is 31.4 Å². The van der Waals surface area contributed by atoms with E-state index < -0.39 is 12.1 Å². The summed E-state index contributed by atoms with van der Waals surface area (Å²) in [5.74, 6) is -0.946. The molecule has 0 radical (unpaired) electrons. The van der Waals surface area contributed by atoms with Crippen LogP contribution in [0.1, 0.15) is 49.7 Å². The molecule has 0 saturated carbocycles. The van der Waals surface area contributed by atoms with E-state index in [4.69, 9.17) is 10.4 Å². The van der Waals surface area contributed by atoms with Gasteiger partial charge >= 0.3 is 5.97 Å². The van der Waals surface area contributed by atoms with Crippen LogP contribution in [0.25, 0.3) is 0 Å². The van der Waals surface area contributed by atoms with Crippen LogP contribution in [0.4, 0.5) is 0 Å². The van der Waals surface area contributed by atoms with Gasteiger partial charge in [-0.2, -0.15) is 5.26 Å². The Hall–Kier alpha value is -1.86. The maximum atomic E-state index is 10.4. The second kappa shape index (κ2) is 9.11. The Morgan fingerprint density at radius 1 is 1.15 bits per heavy atom. The van der Waals surface area contributed by atoms with Crippen LogP contribution in [-0.2, 0) is 11.2 Å². The van der Waals surface area contributed by atoms with E-state index >= 15 is 0 Å². The number of carboxylic acid groups (broad SMARTS) is 1. The fraction of sp³-hybridized carbons (Fsp3) is 0.500. The third-order valence-electron chi connectivity index (χ3n) is 3.25. The van der Waals surface area contributed by atoms with Gasteiger partial charge in [0, 0.05) is 0 Å². The summed E-state index contributed by atoms with van der Waals surface area (Å²) in [5, 5.41) is 26.6. The lowest BCUT2D eigenvalue weighted by Crippen LogP contribution is -2.12. The molecule has 1 atom stereocenters. The molecular weight excluding hydrogens is 254 g/mol. The molecule has 0 aliphatic heterocycles. The summed E-state index contributed by atoms with van der Waals surface area (Å²) in [7, 11) is 0. The number of hydrogen-bond donors (Lipinski definition) is 2. The highest BCUT2D eigenvalue weighted by Crippen LogP contribution is 2.12. The van der Waals surface area contributed by atoms with Crippen molar-refractivity contribution < 1.29 is 15.0 Å². The number of nitriles is 1. The van der Waals surface area contributed by atoms with Crippen molar-refractivity contribution in [3.05, 3.63) is 35.4 Å². The number of carbonyl (C=O) groups is 1. The first-order chi connectivity index (χ1) is 9.61. The van der Waals surface area contributed by atoms with Gasteiger partial charge in [-0.25, -0.2) is 0 Å². The Morgan fingerprint density at radius 2 is 1.80 bits per heavy atom. The molecule has 20 heavy (non-hydrogen) atoms. The number of aliphatic hydroxyl groups is 1. The minimum absolute atomic E-state index is 0.161. The number of unbranched alkanes of at least 4 members (excludes halogenated alkanes) is 3. The minimum atomic E-state index is -0.946. The van der Waals surface area contributed by atoms with Gasteiger partial charge in [-0.15, -0.1) is 0 Å². The van der Waals surface area contributed by atoms with Gasteiger partial charge in [0.05, 0.1) is 24.2 Å². The van der Waals surface area contributed by atoms with Gasteiger partial charge < -0.3 is 10.2 Å². The van der Waals surface area contributed by atoms with E-state index in [0.717, 1.165) is 32.1 Å². The summed E-state index contributed by atoms with van der Waals surface area (Å²) in [4.78, 5) is 10.4. The molecule has 1 rings (SSSR count). The molecule has 0 aliphatic rings. The predicted octanol–water partition coefficient (Wildman–Crippen LogP) is 2.89. The summed E-state index contributed by atoms with van der Waals surface area (Å²) in [6.07, 6.45) is 4.68. The molecular formula is C16H21NO3. The van der Waals surface area contributed by atoms with Gasteiger partial charge in [0.25, 0.3) is 0 Å². The second-order valence-corrected chi connectivity index (χ2v) is 5.01. The third kappa shape index (κ3) is 6.91. The fourth-order valence-electron chi connectivity index (χ4n) is 2.11. The number of benzene rings is 1. The molecule has 0 fully saturated rings. The number of carboxylic acids is 1. The normalized spacial score (nSPS) is 11.8. The first-order valence-electron chi connectivity index (χ1n) is 7.00. The quantitative estimate of drug-likeness (QED) is 0.679. The maximum absolute atomic E-state index is 10.4. The van der Waals surface area contributed by atoms with Crippen LogP contribution in [0.15, 0.2) is 24.3 Å². The SMILES string of the molecule is N#Cc1ccc(CCCCCC[C@H](O)CC(=O)O)cc1. The second-order valence-electron chi connectivity index (χ2n) is 5.01. The molecule has 0 heterocycles. The zero-order valence-electron chi connectivity index (χ0n) is 11.6. The van der Waals surface area contributed by atoms with Crippen LogP contribution in [0.5, 0.6) is 0 Å². The Kier molecular flexibility index (Phi) is 7.38. The van der Waals surface area contributed by atoms with Crippen molar-refractivity contribution in [3.8, 4) is 6.07 Å². The van der Waals surface area contributed by atoms with Gasteiger partial charge in [-0.3, -0.25) is 4.79 Å². The van der Waals surface area contributed by atoms with Gasteiger partial charge in [0.1, 0.15) is 0 Å². The van der Waals surface area contributed by atoms with E-state index in [2.05, 4.69) is 6.07 Å². The van der Waals surface area contributed by atoms with E-state index in [-0.39, 0.29) is 6.42 Å². The van der Waals surface area contributed by atoms with Crippen LogP contribution >= 0.6 is 0 Å². The van der Waals surface area contributed by atoms with Crippen LogP contribution in [0.2, 0.25) is 0 Å². The Labute approximate surface area is 119 Å². The average molecular weight is 275 g/mol. The molecule has 0 unspecified atom stereocenters. The molecule has 0 amide bonds. The van der Waals surface area contributed by atoms with Gasteiger partial charge in [0.15, 0.2) is 0 Å². The molecule has 0 aromatic heterocycles. The number of aliphatic hydroxyl groups excluding tert-OH is 1. The standard InChI is InChI=1S/C16H21NO3/c17-12-14-9-7-13(8-10-14)5-3-1-2-4-6-15(18)11-16(19)20/h7-10,15,18H,1-6,11H2,(H,19,20)/t15-/m0/s1. The molecule has 108 valence electrons. The number of aryl methyl sites for hydroxylation is 1. The highest BCUT2D eigenvalue weighted by atomic mass is 16.4. The summed E-state index contributed by atoms with van der Waals surface area (Å²) in [5.41, 5.74) is 1.91. The lowest BCUT2D eigenvalue weighted by molar-refractivity contribution is -0.139. The molecule has 0 spiro atoms. The van der Waals surface area contributed by atoms with Crippen LogP contribution < -0.4 is 0 Å². The van der Waals surface area contributed by atoms with Crippen LogP contribution in [0.3, 0.4) is 0 Å². The van der Waals surface area contributed by atoms with Gasteiger partial charge in [-0.05, 0) is 37.0 Å².